The first-order valence-electron chi connectivity index (χ1n) is 5.24. The number of ether oxygens (including phenoxy) is 1. The van der Waals surface area contributed by atoms with Crippen LogP contribution in [0.2, 0.25) is 0 Å². The molecule has 0 amide bonds. The van der Waals surface area contributed by atoms with Gasteiger partial charge in [0.25, 0.3) is 0 Å². The highest BCUT2D eigenvalue weighted by molar-refractivity contribution is 8.13. The van der Waals surface area contributed by atoms with E-state index in [4.69, 9.17) is 15.4 Å². The molecule has 1 rings (SSSR count). The summed E-state index contributed by atoms with van der Waals surface area (Å²) in [5, 5.41) is 3.23. The van der Waals surface area contributed by atoms with Crippen LogP contribution in [0.25, 0.3) is 0 Å². The van der Waals surface area contributed by atoms with Crippen molar-refractivity contribution in [2.24, 2.45) is 0 Å². The maximum atomic E-state index is 11.2. The fourth-order valence-corrected chi connectivity index (χ4v) is 3.65. The number of hydrogen-bond donors (Lipinski definition) is 1. The molecule has 15 heavy (non-hydrogen) atoms. The van der Waals surface area contributed by atoms with Crippen molar-refractivity contribution in [3.63, 3.8) is 0 Å². The van der Waals surface area contributed by atoms with Gasteiger partial charge in [0.15, 0.2) is 0 Å². The van der Waals surface area contributed by atoms with Crippen molar-refractivity contribution in [3.8, 4) is 0 Å². The third kappa shape index (κ3) is 4.68. The molecule has 1 saturated heterocycles. The standard InChI is InChI=1S/C9H18ClNO3S/c1-2-14-9(8-15(10,12)13)4-3-6-11-7-5-9/h11H,2-8H2,1H3. The van der Waals surface area contributed by atoms with Gasteiger partial charge in [0.1, 0.15) is 0 Å². The molecule has 0 aromatic carbocycles. The predicted molar refractivity (Wildman–Crippen MR) is 60.7 cm³/mol. The predicted octanol–water partition coefficient (Wildman–Crippen LogP) is 1.10. The molecule has 0 radical (unpaired) electrons. The van der Waals surface area contributed by atoms with Crippen LogP contribution in [0.3, 0.4) is 0 Å². The third-order valence-corrected chi connectivity index (χ3v) is 3.83. The van der Waals surface area contributed by atoms with E-state index < -0.39 is 14.7 Å². The van der Waals surface area contributed by atoms with Crippen LogP contribution in [0.1, 0.15) is 26.2 Å². The van der Waals surface area contributed by atoms with Crippen LogP contribution in [0.4, 0.5) is 0 Å². The third-order valence-electron chi connectivity index (χ3n) is 2.63. The van der Waals surface area contributed by atoms with Gasteiger partial charge < -0.3 is 10.1 Å². The van der Waals surface area contributed by atoms with Gasteiger partial charge in [-0.2, -0.15) is 0 Å². The molecule has 1 aliphatic heterocycles. The van der Waals surface area contributed by atoms with Crippen LogP contribution in [0, 0.1) is 0 Å². The van der Waals surface area contributed by atoms with E-state index in [1.807, 2.05) is 6.92 Å². The lowest BCUT2D eigenvalue weighted by Crippen LogP contribution is -2.40. The lowest BCUT2D eigenvalue weighted by atomic mass is 9.97. The molecule has 0 aromatic rings. The van der Waals surface area contributed by atoms with Gasteiger partial charge >= 0.3 is 0 Å². The maximum Gasteiger partial charge on any atom is 0.235 e. The number of halogens is 1. The average Bonchev–Trinajstić information content (AvgIpc) is 2.28. The molecule has 1 aliphatic rings. The van der Waals surface area contributed by atoms with Gasteiger partial charge in [0.2, 0.25) is 9.05 Å². The highest BCUT2D eigenvalue weighted by atomic mass is 35.7. The second kappa shape index (κ2) is 5.48. The fourth-order valence-electron chi connectivity index (χ4n) is 2.05. The SMILES string of the molecule is CCOC1(CS(=O)(=O)Cl)CCCNCC1. The maximum absolute atomic E-state index is 11.2. The summed E-state index contributed by atoms with van der Waals surface area (Å²) in [7, 11) is 1.82. The van der Waals surface area contributed by atoms with E-state index in [9.17, 15) is 8.42 Å². The Labute approximate surface area is 95.7 Å². The minimum Gasteiger partial charge on any atom is -0.374 e. The number of nitrogens with one attached hydrogen (secondary N) is 1. The first kappa shape index (κ1) is 13.2. The second-order valence-corrected chi connectivity index (χ2v) is 6.68. The zero-order valence-electron chi connectivity index (χ0n) is 8.96. The Morgan fingerprint density at radius 1 is 1.40 bits per heavy atom. The van der Waals surface area contributed by atoms with Gasteiger partial charge in [-0.1, -0.05) is 0 Å². The number of rotatable bonds is 4. The molecule has 1 fully saturated rings. The second-order valence-electron chi connectivity index (χ2n) is 3.90. The van der Waals surface area contributed by atoms with Crippen molar-refractivity contribution in [1.82, 2.24) is 5.32 Å². The molecule has 0 spiro atoms. The lowest BCUT2D eigenvalue weighted by Gasteiger charge is -2.31. The van der Waals surface area contributed by atoms with Gasteiger partial charge in [-0.25, -0.2) is 8.42 Å². The molecule has 0 bridgehead atoms. The summed E-state index contributed by atoms with van der Waals surface area (Å²) in [6, 6.07) is 0. The van der Waals surface area contributed by atoms with E-state index in [0.717, 1.165) is 25.9 Å². The average molecular weight is 256 g/mol. The summed E-state index contributed by atoms with van der Waals surface area (Å²) in [4.78, 5) is 0. The Morgan fingerprint density at radius 2 is 2.13 bits per heavy atom. The quantitative estimate of drug-likeness (QED) is 0.765. The molecule has 90 valence electrons. The summed E-state index contributed by atoms with van der Waals surface area (Å²) >= 11 is 0. The molecule has 1 N–H and O–H groups in total. The van der Waals surface area contributed by atoms with Crippen molar-refractivity contribution in [2.75, 3.05) is 25.4 Å². The summed E-state index contributed by atoms with van der Waals surface area (Å²) in [6.07, 6.45) is 2.37. The summed E-state index contributed by atoms with van der Waals surface area (Å²) in [5.74, 6) is -0.0862. The highest BCUT2D eigenvalue weighted by Crippen LogP contribution is 2.27. The zero-order valence-corrected chi connectivity index (χ0v) is 10.5. The Hall–Kier alpha value is 0.160. The van der Waals surface area contributed by atoms with E-state index in [1.165, 1.54) is 0 Å². The summed E-state index contributed by atoms with van der Waals surface area (Å²) in [6.45, 7) is 4.09. The molecule has 4 nitrogen and oxygen atoms in total. The Morgan fingerprint density at radius 3 is 2.73 bits per heavy atom. The minimum atomic E-state index is -3.50. The van der Waals surface area contributed by atoms with Crippen molar-refractivity contribution in [2.45, 2.75) is 31.8 Å². The van der Waals surface area contributed by atoms with Crippen LogP contribution in [0.5, 0.6) is 0 Å². The van der Waals surface area contributed by atoms with Crippen molar-refractivity contribution < 1.29 is 13.2 Å². The molecule has 0 aromatic heterocycles. The van der Waals surface area contributed by atoms with Gasteiger partial charge in [0.05, 0.1) is 11.4 Å². The first-order chi connectivity index (χ1) is 6.97. The zero-order chi connectivity index (χ0) is 11.4. The normalized spacial score (nSPS) is 28.7. The van der Waals surface area contributed by atoms with Crippen LogP contribution in [-0.4, -0.2) is 39.5 Å². The Kier molecular flexibility index (Phi) is 4.83. The van der Waals surface area contributed by atoms with E-state index in [2.05, 4.69) is 5.32 Å². The van der Waals surface area contributed by atoms with Gasteiger partial charge in [0, 0.05) is 17.3 Å². The summed E-state index contributed by atoms with van der Waals surface area (Å²) < 4.78 is 27.9. The minimum absolute atomic E-state index is 0.0862. The van der Waals surface area contributed by atoms with Crippen molar-refractivity contribution in [3.05, 3.63) is 0 Å². The van der Waals surface area contributed by atoms with Crippen molar-refractivity contribution >= 4 is 19.7 Å². The van der Waals surface area contributed by atoms with Crippen LogP contribution in [0.15, 0.2) is 0 Å². The monoisotopic (exact) mass is 255 g/mol. The molecule has 6 heteroatoms. The Bertz CT molecular complexity index is 284. The topological polar surface area (TPSA) is 55.4 Å². The van der Waals surface area contributed by atoms with Gasteiger partial charge in [-0.05, 0) is 39.3 Å². The smallest absolute Gasteiger partial charge is 0.235 e. The van der Waals surface area contributed by atoms with Crippen molar-refractivity contribution in [1.29, 1.82) is 0 Å². The van der Waals surface area contributed by atoms with E-state index >= 15 is 0 Å². The summed E-state index contributed by atoms with van der Waals surface area (Å²) in [5.41, 5.74) is -0.584. The van der Waals surface area contributed by atoms with E-state index in [-0.39, 0.29) is 5.75 Å². The lowest BCUT2D eigenvalue weighted by molar-refractivity contribution is -0.0300. The molecule has 1 heterocycles. The molecular weight excluding hydrogens is 238 g/mol. The molecule has 0 aliphatic carbocycles. The first-order valence-corrected chi connectivity index (χ1v) is 7.72. The van der Waals surface area contributed by atoms with E-state index in [0.29, 0.717) is 13.0 Å². The molecule has 1 atom stereocenters. The number of hydrogen-bond acceptors (Lipinski definition) is 4. The van der Waals surface area contributed by atoms with E-state index in [1.54, 1.807) is 0 Å². The van der Waals surface area contributed by atoms with Crippen LogP contribution < -0.4 is 5.32 Å². The van der Waals surface area contributed by atoms with Gasteiger partial charge in [-0.3, -0.25) is 0 Å². The van der Waals surface area contributed by atoms with Gasteiger partial charge in [-0.15, -0.1) is 0 Å². The molecular formula is C9H18ClNO3S. The fraction of sp³-hybridized carbons (Fsp3) is 1.00. The highest BCUT2D eigenvalue weighted by Gasteiger charge is 2.35. The van der Waals surface area contributed by atoms with Crippen LogP contribution >= 0.6 is 10.7 Å². The largest absolute Gasteiger partial charge is 0.374 e. The van der Waals surface area contributed by atoms with Crippen LogP contribution in [-0.2, 0) is 13.8 Å². The Balaban J connectivity index is 2.75. The molecule has 1 unspecified atom stereocenters. The molecule has 0 saturated carbocycles.